The van der Waals surface area contributed by atoms with Gasteiger partial charge in [0.05, 0.1) is 13.2 Å². The highest BCUT2D eigenvalue weighted by atomic mass is 32.2. The molecule has 0 amide bonds. The number of anilines is 1. The maximum Gasteiger partial charge on any atom is 0.200 e. The van der Waals surface area contributed by atoms with Gasteiger partial charge in [-0.05, 0) is 49.2 Å². The minimum Gasteiger partial charge on any atom is -0.489 e. The second-order valence-corrected chi connectivity index (χ2v) is 10.3. The molecule has 0 radical (unpaired) electrons. The van der Waals surface area contributed by atoms with Gasteiger partial charge < -0.3 is 23.7 Å². The van der Waals surface area contributed by atoms with E-state index in [1.165, 1.54) is 16.0 Å². The summed E-state index contributed by atoms with van der Waals surface area (Å²) in [4.78, 5) is 19.3. The Morgan fingerprint density at radius 2 is 1.91 bits per heavy atom. The summed E-state index contributed by atoms with van der Waals surface area (Å²) in [7, 11) is 2.14. The van der Waals surface area contributed by atoms with Gasteiger partial charge in [-0.2, -0.15) is 0 Å². The molecule has 3 aliphatic heterocycles. The molecule has 1 atom stereocenters. The van der Waals surface area contributed by atoms with Crippen molar-refractivity contribution in [1.29, 1.82) is 0 Å². The summed E-state index contributed by atoms with van der Waals surface area (Å²) in [6.07, 6.45) is 2.17. The number of fused-ring (bicyclic) bond motifs is 2. The summed E-state index contributed by atoms with van der Waals surface area (Å²) < 4.78 is 18.0. The van der Waals surface area contributed by atoms with Crippen LogP contribution in [0.5, 0.6) is 5.75 Å². The topological polar surface area (TPSA) is 55.2 Å². The van der Waals surface area contributed by atoms with Crippen LogP contribution in [0.15, 0.2) is 67.5 Å². The van der Waals surface area contributed by atoms with Gasteiger partial charge in [-0.3, -0.25) is 4.79 Å². The van der Waals surface area contributed by atoms with Crippen LogP contribution in [-0.4, -0.2) is 57.4 Å². The molecule has 3 aromatic rings. The molecule has 1 aromatic heterocycles. The first-order chi connectivity index (χ1) is 16.6. The molecule has 176 valence electrons. The Labute approximate surface area is 203 Å². The van der Waals surface area contributed by atoms with Gasteiger partial charge >= 0.3 is 0 Å². The van der Waals surface area contributed by atoms with E-state index in [-0.39, 0.29) is 11.5 Å². The zero-order valence-corrected chi connectivity index (χ0v) is 20.1. The number of ether oxygens (including phenoxy) is 2. The molecular weight excluding hydrogens is 448 g/mol. The quantitative estimate of drug-likeness (QED) is 0.436. The fourth-order valence-corrected chi connectivity index (χ4v) is 6.11. The molecule has 0 bridgehead atoms. The molecule has 34 heavy (non-hydrogen) atoms. The lowest BCUT2D eigenvalue weighted by molar-refractivity contribution is 0.120. The lowest BCUT2D eigenvalue weighted by Gasteiger charge is -2.27. The van der Waals surface area contributed by atoms with Crippen molar-refractivity contribution >= 4 is 17.6 Å². The van der Waals surface area contributed by atoms with Gasteiger partial charge in [-0.25, -0.2) is 0 Å². The molecule has 0 saturated carbocycles. The van der Waals surface area contributed by atoms with Crippen molar-refractivity contribution in [2.45, 2.75) is 28.7 Å². The second-order valence-electron chi connectivity index (χ2n) is 9.23. The molecule has 2 fully saturated rings. The Kier molecular flexibility index (Phi) is 5.85. The molecule has 0 N–H and O–H groups in total. The van der Waals surface area contributed by atoms with Gasteiger partial charge in [0.1, 0.15) is 17.6 Å². The normalized spacial score (nSPS) is 20.1. The van der Waals surface area contributed by atoms with Crippen molar-refractivity contribution in [3.05, 3.63) is 69.9 Å². The highest BCUT2D eigenvalue weighted by Gasteiger charge is 2.24. The van der Waals surface area contributed by atoms with Crippen LogP contribution in [0.1, 0.15) is 17.5 Å². The molecule has 2 aromatic carbocycles. The van der Waals surface area contributed by atoms with E-state index >= 15 is 0 Å². The summed E-state index contributed by atoms with van der Waals surface area (Å²) in [5.41, 5.74) is 3.45. The lowest BCUT2D eigenvalue weighted by Crippen LogP contribution is -2.36. The van der Waals surface area contributed by atoms with Gasteiger partial charge in [0.25, 0.3) is 0 Å². The highest BCUT2D eigenvalue weighted by molar-refractivity contribution is 7.99. The molecule has 3 aliphatic rings. The number of likely N-dealkylation sites (tertiary alicyclic amines) is 1. The first-order valence-corrected chi connectivity index (χ1v) is 12.7. The number of nitrogens with zero attached hydrogens (tertiary/aromatic N) is 2. The average molecular weight is 477 g/mol. The van der Waals surface area contributed by atoms with E-state index in [9.17, 15) is 4.79 Å². The third kappa shape index (κ3) is 4.35. The Morgan fingerprint density at radius 3 is 2.74 bits per heavy atom. The zero-order valence-electron chi connectivity index (χ0n) is 19.3. The number of likely N-dealkylation sites (N-methyl/N-ethyl adjacent to an activating group) is 1. The standard InChI is InChI=1S/C27H28N2O4S/c1-28-8-7-22(17-28)32-21-5-6-25-19(14-21)13-18-3-2-4-23(27(18)34-25)24-15-20(30)16-26(33-24)29-9-11-31-12-10-29/h2-6,14-16,22H,7-13,17H2,1H3/t22-/m1/s1. The van der Waals surface area contributed by atoms with Crippen molar-refractivity contribution in [2.75, 3.05) is 51.3 Å². The Balaban J connectivity index is 1.29. The van der Waals surface area contributed by atoms with Crippen LogP contribution in [0.3, 0.4) is 0 Å². The van der Waals surface area contributed by atoms with Crippen molar-refractivity contribution in [3.63, 3.8) is 0 Å². The molecule has 4 heterocycles. The summed E-state index contributed by atoms with van der Waals surface area (Å²) in [5.74, 6) is 2.18. The smallest absolute Gasteiger partial charge is 0.200 e. The molecule has 7 heteroatoms. The maximum atomic E-state index is 12.6. The average Bonchev–Trinajstić information content (AvgIpc) is 3.27. The van der Waals surface area contributed by atoms with E-state index in [1.54, 1.807) is 23.9 Å². The number of benzene rings is 2. The number of rotatable bonds is 4. The van der Waals surface area contributed by atoms with Crippen molar-refractivity contribution in [3.8, 4) is 17.1 Å². The van der Waals surface area contributed by atoms with Crippen molar-refractivity contribution in [1.82, 2.24) is 4.90 Å². The van der Waals surface area contributed by atoms with Crippen LogP contribution >= 0.6 is 11.8 Å². The van der Waals surface area contributed by atoms with Gasteiger partial charge in [0.15, 0.2) is 11.3 Å². The van der Waals surface area contributed by atoms with Crippen molar-refractivity contribution < 1.29 is 13.9 Å². The minimum absolute atomic E-state index is 0.0408. The fourth-order valence-electron chi connectivity index (χ4n) is 4.94. The zero-order chi connectivity index (χ0) is 23.1. The van der Waals surface area contributed by atoms with Crippen LogP contribution in [0, 0.1) is 0 Å². The molecule has 0 aliphatic carbocycles. The fraction of sp³-hybridized carbons (Fsp3) is 0.370. The third-order valence-electron chi connectivity index (χ3n) is 6.71. The maximum absolute atomic E-state index is 12.6. The van der Waals surface area contributed by atoms with Gasteiger partial charge in [-0.1, -0.05) is 30.0 Å². The summed E-state index contributed by atoms with van der Waals surface area (Å²) in [5, 5.41) is 0. The van der Waals surface area contributed by atoms with E-state index in [4.69, 9.17) is 13.9 Å². The van der Waals surface area contributed by atoms with E-state index in [1.807, 2.05) is 6.07 Å². The van der Waals surface area contributed by atoms with E-state index in [2.05, 4.69) is 47.2 Å². The molecule has 6 rings (SSSR count). The Bertz CT molecular complexity index is 1270. The third-order valence-corrected chi connectivity index (χ3v) is 8.02. The summed E-state index contributed by atoms with van der Waals surface area (Å²) in [6.45, 7) is 4.80. The Morgan fingerprint density at radius 1 is 1.03 bits per heavy atom. The van der Waals surface area contributed by atoms with Crippen LogP contribution in [0.4, 0.5) is 5.88 Å². The van der Waals surface area contributed by atoms with Crippen LogP contribution < -0.4 is 15.1 Å². The highest BCUT2D eigenvalue weighted by Crippen LogP contribution is 2.45. The van der Waals surface area contributed by atoms with Gasteiger partial charge in [-0.15, -0.1) is 0 Å². The molecule has 6 nitrogen and oxygen atoms in total. The van der Waals surface area contributed by atoms with Crippen LogP contribution in [0.2, 0.25) is 0 Å². The summed E-state index contributed by atoms with van der Waals surface area (Å²) in [6, 6.07) is 15.9. The molecule has 2 saturated heterocycles. The van der Waals surface area contributed by atoms with Crippen LogP contribution in [0.25, 0.3) is 11.3 Å². The summed E-state index contributed by atoms with van der Waals surface area (Å²) >= 11 is 1.74. The van der Waals surface area contributed by atoms with E-state index in [0.717, 1.165) is 55.2 Å². The lowest BCUT2D eigenvalue weighted by atomic mass is 10.0. The first-order valence-electron chi connectivity index (χ1n) is 11.9. The van der Waals surface area contributed by atoms with E-state index < -0.39 is 0 Å². The minimum atomic E-state index is -0.0408. The van der Waals surface area contributed by atoms with E-state index in [0.29, 0.717) is 24.9 Å². The predicted octanol–water partition coefficient (Wildman–Crippen LogP) is 4.28. The monoisotopic (exact) mass is 476 g/mol. The second kappa shape index (κ2) is 9.13. The van der Waals surface area contributed by atoms with Crippen molar-refractivity contribution in [2.24, 2.45) is 0 Å². The van der Waals surface area contributed by atoms with Gasteiger partial charge in [0.2, 0.25) is 0 Å². The molecule has 0 unspecified atom stereocenters. The molecular formula is C27H28N2O4S. The van der Waals surface area contributed by atoms with Gasteiger partial charge in [0, 0.05) is 53.7 Å². The number of hydrogen-bond donors (Lipinski definition) is 0. The van der Waals surface area contributed by atoms with Crippen LogP contribution in [-0.2, 0) is 11.2 Å². The molecule has 0 spiro atoms. The number of hydrogen-bond acceptors (Lipinski definition) is 7. The predicted molar refractivity (Wildman–Crippen MR) is 133 cm³/mol. The largest absolute Gasteiger partial charge is 0.489 e. The first kappa shape index (κ1) is 21.8. The Hall–Kier alpha value is -2.74. The SMILES string of the molecule is CN1CC[C@@H](Oc2ccc3c(c2)Cc2cccc(-c4cc(=O)cc(N5CCOCC5)o4)c2S3)C1. The number of morpholine rings is 1.